The molecule has 0 saturated heterocycles. The summed E-state index contributed by atoms with van der Waals surface area (Å²) in [4.78, 5) is 1.42. The fourth-order valence-electron chi connectivity index (χ4n) is 1.72. The maximum Gasteiger partial charge on any atom is 0.0547 e. The van der Waals surface area contributed by atoms with Crippen molar-refractivity contribution in [3.63, 3.8) is 0 Å². The van der Waals surface area contributed by atoms with E-state index in [0.29, 0.717) is 6.10 Å². The van der Waals surface area contributed by atoms with Gasteiger partial charge in [0.15, 0.2) is 0 Å². The Bertz CT molecular complexity index is 261. The van der Waals surface area contributed by atoms with Crippen molar-refractivity contribution in [3.8, 4) is 0 Å². The highest BCUT2D eigenvalue weighted by molar-refractivity contribution is 7.09. The van der Waals surface area contributed by atoms with Crippen LogP contribution in [0.2, 0.25) is 0 Å². The van der Waals surface area contributed by atoms with Gasteiger partial charge in [0.05, 0.1) is 12.7 Å². The SMILES string of the molecule is CCCNCCCC(C)OCCc1cccs1. The smallest absolute Gasteiger partial charge is 0.0547 e. The number of hydrogen-bond acceptors (Lipinski definition) is 3. The molecule has 17 heavy (non-hydrogen) atoms. The second-order valence-corrected chi connectivity index (χ2v) is 5.44. The molecule has 1 rings (SSSR count). The first-order valence-electron chi connectivity index (χ1n) is 6.67. The Kier molecular flexibility index (Phi) is 8.32. The molecule has 0 aliphatic heterocycles. The molecule has 1 N–H and O–H groups in total. The van der Waals surface area contributed by atoms with Crippen LogP contribution in [-0.2, 0) is 11.2 Å². The molecule has 0 bridgehead atoms. The average molecular weight is 255 g/mol. The summed E-state index contributed by atoms with van der Waals surface area (Å²) in [6.07, 6.45) is 5.02. The molecule has 0 aromatic carbocycles. The minimum atomic E-state index is 0.387. The Hall–Kier alpha value is -0.380. The molecule has 0 fully saturated rings. The molecule has 1 aromatic rings. The average Bonchev–Trinajstić information content (AvgIpc) is 2.82. The zero-order chi connectivity index (χ0) is 12.3. The van der Waals surface area contributed by atoms with E-state index in [1.54, 1.807) is 0 Å². The number of ether oxygens (including phenoxy) is 1. The number of hydrogen-bond donors (Lipinski definition) is 1. The molecule has 0 saturated carbocycles. The molecule has 1 unspecified atom stereocenters. The Morgan fingerprint density at radius 2 is 2.29 bits per heavy atom. The van der Waals surface area contributed by atoms with Crippen molar-refractivity contribution >= 4 is 11.3 Å². The van der Waals surface area contributed by atoms with Crippen LogP contribution >= 0.6 is 11.3 Å². The fraction of sp³-hybridized carbons (Fsp3) is 0.714. The predicted octanol–water partition coefficient (Wildman–Crippen LogP) is 3.48. The third kappa shape index (κ3) is 7.53. The van der Waals surface area contributed by atoms with Crippen LogP contribution in [0.3, 0.4) is 0 Å². The van der Waals surface area contributed by atoms with Gasteiger partial charge in [-0.2, -0.15) is 0 Å². The predicted molar refractivity (Wildman–Crippen MR) is 75.8 cm³/mol. The Balaban J connectivity index is 1.92. The minimum absolute atomic E-state index is 0.387. The molecule has 1 atom stereocenters. The first kappa shape index (κ1) is 14.7. The quantitative estimate of drug-likeness (QED) is 0.646. The van der Waals surface area contributed by atoms with Gasteiger partial charge in [-0.1, -0.05) is 13.0 Å². The topological polar surface area (TPSA) is 21.3 Å². The van der Waals surface area contributed by atoms with E-state index in [4.69, 9.17) is 4.74 Å². The molecular weight excluding hydrogens is 230 g/mol. The highest BCUT2D eigenvalue weighted by atomic mass is 32.1. The van der Waals surface area contributed by atoms with Crippen molar-refractivity contribution < 1.29 is 4.74 Å². The van der Waals surface area contributed by atoms with Crippen molar-refractivity contribution in [2.45, 2.75) is 45.6 Å². The summed E-state index contributed by atoms with van der Waals surface area (Å²) in [6.45, 7) is 7.47. The molecule has 0 amide bonds. The highest BCUT2D eigenvalue weighted by Gasteiger charge is 2.02. The maximum atomic E-state index is 5.80. The molecule has 3 heteroatoms. The first-order chi connectivity index (χ1) is 8.33. The molecular formula is C14H25NOS. The third-order valence-corrected chi connectivity index (χ3v) is 3.66. The summed E-state index contributed by atoms with van der Waals surface area (Å²) in [5.41, 5.74) is 0. The van der Waals surface area contributed by atoms with Gasteiger partial charge < -0.3 is 10.1 Å². The summed E-state index contributed by atoms with van der Waals surface area (Å²) in [6, 6.07) is 4.27. The summed E-state index contributed by atoms with van der Waals surface area (Å²) >= 11 is 1.81. The van der Waals surface area contributed by atoms with Crippen LogP contribution in [0.1, 0.15) is 38.0 Å². The Labute approximate surface area is 109 Å². The lowest BCUT2D eigenvalue weighted by atomic mass is 10.2. The summed E-state index contributed by atoms with van der Waals surface area (Å²) in [5, 5.41) is 5.54. The number of nitrogens with one attached hydrogen (secondary N) is 1. The van der Waals surface area contributed by atoms with E-state index >= 15 is 0 Å². The molecule has 0 radical (unpaired) electrons. The third-order valence-electron chi connectivity index (χ3n) is 2.72. The molecule has 1 aromatic heterocycles. The van der Waals surface area contributed by atoms with Gasteiger partial charge in [0.25, 0.3) is 0 Å². The van der Waals surface area contributed by atoms with E-state index in [-0.39, 0.29) is 0 Å². The maximum absolute atomic E-state index is 5.80. The van der Waals surface area contributed by atoms with E-state index < -0.39 is 0 Å². The van der Waals surface area contributed by atoms with Crippen molar-refractivity contribution in [1.82, 2.24) is 5.32 Å². The van der Waals surface area contributed by atoms with E-state index in [1.807, 2.05) is 11.3 Å². The van der Waals surface area contributed by atoms with Gasteiger partial charge in [0.1, 0.15) is 0 Å². The van der Waals surface area contributed by atoms with Crippen molar-refractivity contribution in [3.05, 3.63) is 22.4 Å². The molecule has 98 valence electrons. The lowest BCUT2D eigenvalue weighted by Gasteiger charge is -2.12. The van der Waals surface area contributed by atoms with E-state index in [9.17, 15) is 0 Å². The van der Waals surface area contributed by atoms with Gasteiger partial charge >= 0.3 is 0 Å². The summed E-state index contributed by atoms with van der Waals surface area (Å²) in [5.74, 6) is 0. The van der Waals surface area contributed by atoms with Crippen molar-refractivity contribution in [2.24, 2.45) is 0 Å². The van der Waals surface area contributed by atoms with Crippen molar-refractivity contribution in [1.29, 1.82) is 0 Å². The monoisotopic (exact) mass is 255 g/mol. The standard InChI is InChI=1S/C14H25NOS/c1-3-9-15-10-4-6-13(2)16-11-8-14-7-5-12-17-14/h5,7,12-13,15H,3-4,6,8-11H2,1-2H3. The Morgan fingerprint density at radius 3 is 3.00 bits per heavy atom. The second kappa shape index (κ2) is 9.63. The first-order valence-corrected chi connectivity index (χ1v) is 7.55. The van der Waals surface area contributed by atoms with Crippen LogP contribution in [0.25, 0.3) is 0 Å². The fourth-order valence-corrected chi connectivity index (χ4v) is 2.41. The van der Waals surface area contributed by atoms with Gasteiger partial charge in [-0.15, -0.1) is 11.3 Å². The lowest BCUT2D eigenvalue weighted by molar-refractivity contribution is 0.0615. The zero-order valence-electron chi connectivity index (χ0n) is 11.1. The number of rotatable bonds is 10. The lowest BCUT2D eigenvalue weighted by Crippen LogP contribution is -2.18. The zero-order valence-corrected chi connectivity index (χ0v) is 11.9. The molecule has 2 nitrogen and oxygen atoms in total. The largest absolute Gasteiger partial charge is 0.378 e. The number of thiophene rings is 1. The highest BCUT2D eigenvalue weighted by Crippen LogP contribution is 2.10. The second-order valence-electron chi connectivity index (χ2n) is 4.40. The van der Waals surface area contributed by atoms with Crippen LogP contribution in [0.15, 0.2) is 17.5 Å². The van der Waals surface area contributed by atoms with Crippen LogP contribution < -0.4 is 5.32 Å². The van der Waals surface area contributed by atoms with Crippen molar-refractivity contribution in [2.75, 3.05) is 19.7 Å². The normalized spacial score (nSPS) is 12.8. The van der Waals surface area contributed by atoms with Gasteiger partial charge in [0, 0.05) is 11.3 Å². The van der Waals surface area contributed by atoms with E-state index in [0.717, 1.165) is 32.5 Å². The molecule has 0 spiro atoms. The van der Waals surface area contributed by atoms with E-state index in [2.05, 4.69) is 36.7 Å². The van der Waals surface area contributed by atoms with Crippen LogP contribution in [0.4, 0.5) is 0 Å². The molecule has 1 heterocycles. The van der Waals surface area contributed by atoms with E-state index in [1.165, 1.54) is 17.7 Å². The summed E-state index contributed by atoms with van der Waals surface area (Å²) in [7, 11) is 0. The van der Waals surface area contributed by atoms with Crippen LogP contribution in [0, 0.1) is 0 Å². The van der Waals surface area contributed by atoms with Gasteiger partial charge in [-0.3, -0.25) is 0 Å². The van der Waals surface area contributed by atoms with Gasteiger partial charge in [-0.25, -0.2) is 0 Å². The Morgan fingerprint density at radius 1 is 1.41 bits per heavy atom. The minimum Gasteiger partial charge on any atom is -0.378 e. The molecule has 0 aliphatic rings. The van der Waals surface area contributed by atoms with Gasteiger partial charge in [-0.05, 0) is 50.7 Å². The van der Waals surface area contributed by atoms with Crippen LogP contribution in [-0.4, -0.2) is 25.8 Å². The van der Waals surface area contributed by atoms with Crippen LogP contribution in [0.5, 0.6) is 0 Å². The molecule has 0 aliphatic carbocycles. The summed E-state index contributed by atoms with van der Waals surface area (Å²) < 4.78 is 5.80. The van der Waals surface area contributed by atoms with Gasteiger partial charge in [0.2, 0.25) is 0 Å².